The van der Waals surface area contributed by atoms with Crippen molar-refractivity contribution in [2.75, 3.05) is 7.11 Å². The van der Waals surface area contributed by atoms with Gasteiger partial charge >= 0.3 is 0 Å². The van der Waals surface area contributed by atoms with E-state index in [2.05, 4.69) is 18.3 Å². The lowest BCUT2D eigenvalue weighted by atomic mass is 10.0. The summed E-state index contributed by atoms with van der Waals surface area (Å²) in [6.07, 6.45) is 0. The smallest absolute Gasteiger partial charge is 0.123 e. The van der Waals surface area contributed by atoms with Gasteiger partial charge in [-0.05, 0) is 49.2 Å². The Morgan fingerprint density at radius 1 is 0.950 bits per heavy atom. The molecule has 0 aromatic heterocycles. The monoisotopic (exact) mass is 273 g/mol. The Morgan fingerprint density at radius 2 is 1.55 bits per heavy atom. The molecule has 0 saturated heterocycles. The first-order chi connectivity index (χ1) is 9.60. The number of hydrogen-bond acceptors (Lipinski definition) is 2. The van der Waals surface area contributed by atoms with Crippen LogP contribution in [0.2, 0.25) is 0 Å². The summed E-state index contributed by atoms with van der Waals surface area (Å²) in [6, 6.07) is 14.9. The number of nitrogens with one attached hydrogen (secondary N) is 1. The lowest BCUT2D eigenvalue weighted by Gasteiger charge is -2.21. The van der Waals surface area contributed by atoms with Crippen LogP contribution in [0.5, 0.6) is 5.75 Å². The minimum atomic E-state index is -0.204. The molecule has 0 fully saturated rings. The second-order valence-electron chi connectivity index (χ2n) is 4.94. The van der Waals surface area contributed by atoms with Crippen molar-refractivity contribution in [3.05, 3.63) is 65.5 Å². The van der Waals surface area contributed by atoms with E-state index >= 15 is 0 Å². The molecule has 20 heavy (non-hydrogen) atoms. The zero-order chi connectivity index (χ0) is 14.5. The average molecular weight is 273 g/mol. The number of rotatable bonds is 5. The summed E-state index contributed by atoms with van der Waals surface area (Å²) >= 11 is 0. The second-order valence-corrected chi connectivity index (χ2v) is 4.94. The van der Waals surface area contributed by atoms with Crippen molar-refractivity contribution in [1.29, 1.82) is 0 Å². The number of ether oxygens (including phenoxy) is 1. The van der Waals surface area contributed by atoms with Crippen LogP contribution in [0.25, 0.3) is 0 Å². The van der Waals surface area contributed by atoms with Gasteiger partial charge in [0.05, 0.1) is 7.11 Å². The predicted octanol–water partition coefficient (Wildman–Crippen LogP) is 4.25. The molecule has 2 aromatic rings. The van der Waals surface area contributed by atoms with Crippen molar-refractivity contribution in [2.45, 2.75) is 25.9 Å². The summed E-state index contributed by atoms with van der Waals surface area (Å²) in [6.45, 7) is 4.12. The summed E-state index contributed by atoms with van der Waals surface area (Å²) in [5.74, 6) is 0.639. The Morgan fingerprint density at radius 3 is 2.15 bits per heavy atom. The molecule has 0 radical (unpaired) electrons. The van der Waals surface area contributed by atoms with Crippen LogP contribution in [-0.4, -0.2) is 7.11 Å². The van der Waals surface area contributed by atoms with Crippen LogP contribution in [-0.2, 0) is 0 Å². The summed E-state index contributed by atoms with van der Waals surface area (Å²) in [5, 5.41) is 3.47. The maximum atomic E-state index is 13.2. The molecule has 0 aliphatic carbocycles. The summed E-state index contributed by atoms with van der Waals surface area (Å²) < 4.78 is 18.5. The van der Waals surface area contributed by atoms with Crippen LogP contribution in [0.3, 0.4) is 0 Å². The molecule has 2 rings (SSSR count). The molecule has 0 aliphatic heterocycles. The zero-order valence-corrected chi connectivity index (χ0v) is 12.1. The van der Waals surface area contributed by atoms with Gasteiger partial charge in [-0.15, -0.1) is 0 Å². The maximum absolute atomic E-state index is 13.2. The van der Waals surface area contributed by atoms with E-state index in [1.165, 1.54) is 6.07 Å². The fourth-order valence-corrected chi connectivity index (χ4v) is 2.25. The lowest BCUT2D eigenvalue weighted by Crippen LogP contribution is -2.22. The summed E-state index contributed by atoms with van der Waals surface area (Å²) in [5.41, 5.74) is 2.09. The van der Waals surface area contributed by atoms with Gasteiger partial charge in [0.25, 0.3) is 0 Å². The van der Waals surface area contributed by atoms with Gasteiger partial charge in [0.2, 0.25) is 0 Å². The number of halogens is 1. The minimum absolute atomic E-state index is 0.0758. The van der Waals surface area contributed by atoms with Crippen molar-refractivity contribution < 1.29 is 9.13 Å². The van der Waals surface area contributed by atoms with Crippen molar-refractivity contribution in [1.82, 2.24) is 5.32 Å². The van der Waals surface area contributed by atoms with Crippen LogP contribution in [0, 0.1) is 5.82 Å². The number of benzene rings is 2. The van der Waals surface area contributed by atoms with Crippen LogP contribution in [0.15, 0.2) is 48.5 Å². The van der Waals surface area contributed by atoms with Crippen molar-refractivity contribution >= 4 is 0 Å². The highest BCUT2D eigenvalue weighted by Crippen LogP contribution is 2.22. The van der Waals surface area contributed by atoms with Crippen molar-refractivity contribution in [2.24, 2.45) is 0 Å². The molecule has 2 nitrogen and oxygen atoms in total. The Kier molecular flexibility index (Phi) is 4.74. The van der Waals surface area contributed by atoms with E-state index in [0.717, 1.165) is 16.9 Å². The van der Waals surface area contributed by atoms with Gasteiger partial charge in [-0.1, -0.05) is 24.3 Å². The standard InChI is InChI=1S/C17H20FNO/c1-12(14-6-4-8-16(18)10-14)19-13(2)15-7-5-9-17(11-15)20-3/h4-13,19H,1-3H3. The Balaban J connectivity index is 2.08. The molecule has 2 aromatic carbocycles. The molecular weight excluding hydrogens is 253 g/mol. The first kappa shape index (κ1) is 14.5. The molecule has 0 heterocycles. The summed E-state index contributed by atoms with van der Waals surface area (Å²) in [7, 11) is 1.66. The second kappa shape index (κ2) is 6.53. The third-order valence-electron chi connectivity index (χ3n) is 3.44. The summed E-state index contributed by atoms with van der Waals surface area (Å²) in [4.78, 5) is 0. The van der Waals surface area contributed by atoms with Crippen LogP contribution < -0.4 is 10.1 Å². The fourth-order valence-electron chi connectivity index (χ4n) is 2.25. The van der Waals surface area contributed by atoms with Crippen LogP contribution in [0.1, 0.15) is 37.1 Å². The number of methoxy groups -OCH3 is 1. The third-order valence-corrected chi connectivity index (χ3v) is 3.44. The first-order valence-electron chi connectivity index (χ1n) is 6.75. The SMILES string of the molecule is COc1cccc(C(C)NC(C)c2cccc(F)c2)c1. The van der Waals surface area contributed by atoms with Gasteiger partial charge < -0.3 is 10.1 Å². The number of hydrogen-bond donors (Lipinski definition) is 1. The Labute approximate surface area is 119 Å². The quantitative estimate of drug-likeness (QED) is 0.879. The van der Waals surface area contributed by atoms with E-state index in [4.69, 9.17) is 4.74 Å². The molecule has 0 bridgehead atoms. The van der Waals surface area contributed by atoms with Gasteiger partial charge in [0.15, 0.2) is 0 Å². The highest BCUT2D eigenvalue weighted by molar-refractivity contribution is 5.30. The molecule has 2 unspecified atom stereocenters. The molecule has 0 spiro atoms. The van der Waals surface area contributed by atoms with Crippen LogP contribution in [0.4, 0.5) is 4.39 Å². The Bertz CT molecular complexity index is 570. The van der Waals surface area contributed by atoms with E-state index < -0.39 is 0 Å². The third kappa shape index (κ3) is 3.58. The van der Waals surface area contributed by atoms with Gasteiger partial charge in [-0.25, -0.2) is 4.39 Å². The lowest BCUT2D eigenvalue weighted by molar-refractivity contribution is 0.412. The molecule has 3 heteroatoms. The Hall–Kier alpha value is -1.87. The fraction of sp³-hybridized carbons (Fsp3) is 0.294. The molecule has 0 amide bonds. The largest absolute Gasteiger partial charge is 0.497 e. The topological polar surface area (TPSA) is 21.3 Å². The molecule has 2 atom stereocenters. The van der Waals surface area contributed by atoms with Gasteiger partial charge in [-0.2, -0.15) is 0 Å². The maximum Gasteiger partial charge on any atom is 0.123 e. The van der Waals surface area contributed by atoms with Gasteiger partial charge in [0, 0.05) is 12.1 Å². The van der Waals surface area contributed by atoms with Gasteiger partial charge in [-0.3, -0.25) is 0 Å². The van der Waals surface area contributed by atoms with E-state index in [1.54, 1.807) is 19.2 Å². The molecule has 106 valence electrons. The highest BCUT2D eigenvalue weighted by atomic mass is 19.1. The normalized spacial score (nSPS) is 13.8. The molecular formula is C17H20FNO. The zero-order valence-electron chi connectivity index (χ0n) is 12.1. The van der Waals surface area contributed by atoms with Crippen LogP contribution >= 0.6 is 0 Å². The van der Waals surface area contributed by atoms with Crippen molar-refractivity contribution in [3.63, 3.8) is 0 Å². The molecule has 0 saturated carbocycles. The van der Waals surface area contributed by atoms with E-state index in [0.29, 0.717) is 0 Å². The minimum Gasteiger partial charge on any atom is -0.497 e. The predicted molar refractivity (Wildman–Crippen MR) is 79.4 cm³/mol. The van der Waals surface area contributed by atoms with Crippen molar-refractivity contribution in [3.8, 4) is 5.75 Å². The van der Waals surface area contributed by atoms with Gasteiger partial charge in [0.1, 0.15) is 11.6 Å². The van der Waals surface area contributed by atoms with E-state index in [9.17, 15) is 4.39 Å². The van der Waals surface area contributed by atoms with E-state index in [-0.39, 0.29) is 17.9 Å². The highest BCUT2D eigenvalue weighted by Gasteiger charge is 2.12. The molecule has 1 N–H and O–H groups in total. The molecule has 0 aliphatic rings. The van der Waals surface area contributed by atoms with E-state index in [1.807, 2.05) is 31.2 Å². The first-order valence-corrected chi connectivity index (χ1v) is 6.75. The average Bonchev–Trinajstić information content (AvgIpc) is 2.47.